The number of ether oxygens (including phenoxy) is 1. The van der Waals surface area contributed by atoms with Crippen molar-refractivity contribution in [1.29, 1.82) is 0 Å². The van der Waals surface area contributed by atoms with Gasteiger partial charge >= 0.3 is 184 Å². The van der Waals surface area contributed by atoms with Gasteiger partial charge in [0.15, 0.2) is 0 Å². The molecule has 1 heterocycles. The van der Waals surface area contributed by atoms with Crippen molar-refractivity contribution in [1.82, 2.24) is 0 Å². The van der Waals surface area contributed by atoms with E-state index in [0.717, 1.165) is 17.5 Å². The molecule has 3 aromatic carbocycles. The Morgan fingerprint density at radius 1 is 0.806 bits per heavy atom. The van der Waals surface area contributed by atoms with Crippen molar-refractivity contribution in [2.45, 2.75) is 20.0 Å². The van der Waals surface area contributed by atoms with Gasteiger partial charge in [-0.05, 0) is 0 Å². The van der Waals surface area contributed by atoms with E-state index in [-0.39, 0.29) is 5.97 Å². The van der Waals surface area contributed by atoms with Gasteiger partial charge in [-0.15, -0.1) is 0 Å². The predicted octanol–water partition coefficient (Wildman–Crippen LogP) is 4.99. The molecule has 0 radical (unpaired) electrons. The molecule has 158 valence electrons. The van der Waals surface area contributed by atoms with E-state index in [9.17, 15) is 4.79 Å². The van der Waals surface area contributed by atoms with Gasteiger partial charge in [0.2, 0.25) is 0 Å². The second-order valence-corrected chi connectivity index (χ2v) is 11.5. The first-order valence-electron chi connectivity index (χ1n) is 10.6. The van der Waals surface area contributed by atoms with Gasteiger partial charge in [-0.25, -0.2) is 0 Å². The Kier molecular flexibility index (Phi) is 6.34. The molecule has 0 amide bonds. The summed E-state index contributed by atoms with van der Waals surface area (Å²) in [4.78, 5) is 12.4. The van der Waals surface area contributed by atoms with Crippen LogP contribution in [0.4, 0.5) is 0 Å². The van der Waals surface area contributed by atoms with E-state index in [4.69, 9.17) is 9.15 Å². The van der Waals surface area contributed by atoms with Crippen LogP contribution in [0.5, 0.6) is 0 Å². The standard InChI is InChI=1S/C27H27O3P/c1-3-29-27(28)25-19-30-26(21(25)2)20-31(22-13-7-4-8-14-22,23-15-9-5-10-16-23)24-17-11-6-12-18-24/h4-19,31H,3,20H2,1-2H3. The first kappa shape index (κ1) is 21.1. The molecular formula is C27H27O3P. The molecule has 0 aliphatic carbocycles. The summed E-state index contributed by atoms with van der Waals surface area (Å²) in [7, 11) is -2.48. The molecule has 4 rings (SSSR count). The number of hydrogen-bond donors (Lipinski definition) is 0. The zero-order valence-electron chi connectivity index (χ0n) is 17.9. The first-order valence-corrected chi connectivity index (χ1v) is 12.8. The predicted molar refractivity (Wildman–Crippen MR) is 130 cm³/mol. The van der Waals surface area contributed by atoms with Crippen LogP contribution in [0.2, 0.25) is 0 Å². The summed E-state index contributed by atoms with van der Waals surface area (Å²) in [5, 5.41) is 3.92. The molecule has 0 aliphatic heterocycles. The number of benzene rings is 3. The molecule has 0 fully saturated rings. The minimum absolute atomic E-state index is 0.332. The van der Waals surface area contributed by atoms with Gasteiger partial charge in [-0.2, -0.15) is 0 Å². The van der Waals surface area contributed by atoms with Crippen LogP contribution in [-0.2, 0) is 10.9 Å². The monoisotopic (exact) mass is 430 g/mol. The number of esters is 1. The van der Waals surface area contributed by atoms with E-state index in [0.29, 0.717) is 12.2 Å². The first-order chi connectivity index (χ1) is 15.2. The summed E-state index contributed by atoms with van der Waals surface area (Å²) in [6, 6.07) is 32.1. The molecule has 0 aliphatic rings. The second kappa shape index (κ2) is 9.32. The summed E-state index contributed by atoms with van der Waals surface area (Å²) in [5.74, 6) is 0.507. The van der Waals surface area contributed by atoms with Gasteiger partial charge in [-0.3, -0.25) is 0 Å². The quantitative estimate of drug-likeness (QED) is 0.306. The molecular weight excluding hydrogens is 403 g/mol. The number of hydrogen-bond acceptors (Lipinski definition) is 3. The molecule has 4 heteroatoms. The van der Waals surface area contributed by atoms with Crippen LogP contribution in [0.1, 0.15) is 28.6 Å². The summed E-state index contributed by atoms with van der Waals surface area (Å²) in [6.45, 7) is 4.10. The van der Waals surface area contributed by atoms with Crippen molar-refractivity contribution < 1.29 is 13.9 Å². The minimum atomic E-state index is -2.48. The molecule has 0 unspecified atom stereocenters. The van der Waals surface area contributed by atoms with Crippen LogP contribution in [0, 0.1) is 6.92 Å². The zero-order chi connectivity index (χ0) is 21.7. The van der Waals surface area contributed by atoms with E-state index >= 15 is 0 Å². The van der Waals surface area contributed by atoms with Gasteiger partial charge < -0.3 is 0 Å². The summed E-state index contributed by atoms with van der Waals surface area (Å²) < 4.78 is 11.2. The molecule has 1 aromatic heterocycles. The maximum atomic E-state index is 12.4. The van der Waals surface area contributed by atoms with Crippen LogP contribution in [-0.4, -0.2) is 12.6 Å². The van der Waals surface area contributed by atoms with Crippen molar-refractivity contribution in [3.8, 4) is 0 Å². The molecule has 0 atom stereocenters. The number of furan rings is 1. The Hall–Kier alpha value is -3.16. The molecule has 0 saturated carbocycles. The molecule has 0 N–H and O–H groups in total. The van der Waals surface area contributed by atoms with Gasteiger partial charge in [0, 0.05) is 0 Å². The third-order valence-corrected chi connectivity index (χ3v) is 10.7. The third-order valence-electron chi connectivity index (χ3n) is 5.86. The average molecular weight is 430 g/mol. The van der Waals surface area contributed by atoms with Crippen LogP contribution in [0.25, 0.3) is 0 Å². The Balaban J connectivity index is 1.93. The summed E-state index contributed by atoms with van der Waals surface area (Å²) >= 11 is 0. The molecule has 3 nitrogen and oxygen atoms in total. The van der Waals surface area contributed by atoms with E-state index in [1.54, 1.807) is 6.26 Å². The molecule has 4 aromatic rings. The number of rotatable bonds is 7. The van der Waals surface area contributed by atoms with Gasteiger partial charge in [-0.1, -0.05) is 0 Å². The van der Waals surface area contributed by atoms with Crippen molar-refractivity contribution in [2.75, 3.05) is 6.61 Å². The number of carbonyl (C=O) groups excluding carboxylic acids is 1. The van der Waals surface area contributed by atoms with Crippen LogP contribution in [0.15, 0.2) is 102 Å². The fourth-order valence-electron chi connectivity index (χ4n) is 4.26. The van der Waals surface area contributed by atoms with Crippen molar-refractivity contribution in [3.05, 3.63) is 114 Å². The Morgan fingerprint density at radius 2 is 1.26 bits per heavy atom. The van der Waals surface area contributed by atoms with Crippen molar-refractivity contribution in [3.63, 3.8) is 0 Å². The normalized spacial score (nSPS) is 11.8. The van der Waals surface area contributed by atoms with E-state index in [1.165, 1.54) is 15.9 Å². The second-order valence-electron chi connectivity index (χ2n) is 7.60. The summed E-state index contributed by atoms with van der Waals surface area (Å²) in [5.41, 5.74) is 1.37. The van der Waals surface area contributed by atoms with E-state index < -0.39 is 7.26 Å². The Labute approximate surface area is 184 Å². The Bertz CT molecular complexity index is 1040. The van der Waals surface area contributed by atoms with Crippen LogP contribution < -0.4 is 15.9 Å². The third kappa shape index (κ3) is 4.06. The topological polar surface area (TPSA) is 39.4 Å². The maximum absolute atomic E-state index is 12.4. The van der Waals surface area contributed by atoms with Crippen molar-refractivity contribution >= 4 is 29.1 Å². The van der Waals surface area contributed by atoms with Crippen LogP contribution >= 0.6 is 7.26 Å². The average Bonchev–Trinajstić information content (AvgIpc) is 3.19. The van der Waals surface area contributed by atoms with Gasteiger partial charge in [0.1, 0.15) is 0 Å². The van der Waals surface area contributed by atoms with E-state index in [1.807, 2.05) is 13.8 Å². The SMILES string of the molecule is CCOC(=O)c1coc(C[PH](c2ccccc2)(c2ccccc2)c2ccccc2)c1C. The molecule has 0 bridgehead atoms. The van der Waals surface area contributed by atoms with E-state index in [2.05, 4.69) is 91.0 Å². The molecule has 0 spiro atoms. The molecule has 31 heavy (non-hydrogen) atoms. The summed E-state index contributed by atoms with van der Waals surface area (Å²) in [6.07, 6.45) is 2.26. The fourth-order valence-corrected chi connectivity index (χ4v) is 8.98. The fraction of sp³-hybridized carbons (Fsp3) is 0.148. The molecule has 0 saturated heterocycles. The van der Waals surface area contributed by atoms with Crippen LogP contribution in [0.3, 0.4) is 0 Å². The van der Waals surface area contributed by atoms with Gasteiger partial charge in [0.25, 0.3) is 0 Å². The van der Waals surface area contributed by atoms with Crippen molar-refractivity contribution in [2.24, 2.45) is 0 Å². The van der Waals surface area contributed by atoms with Gasteiger partial charge in [0.05, 0.1) is 0 Å². The number of carbonyl (C=O) groups is 1. The Morgan fingerprint density at radius 3 is 1.68 bits per heavy atom. The zero-order valence-corrected chi connectivity index (χ0v) is 18.9.